The van der Waals surface area contributed by atoms with Crippen LogP contribution in [0.4, 0.5) is 0 Å². The van der Waals surface area contributed by atoms with E-state index in [1.165, 1.54) is 18.2 Å². The molecule has 0 radical (unpaired) electrons. The molecule has 0 atom stereocenters. The van der Waals surface area contributed by atoms with Crippen LogP contribution >= 0.6 is 11.6 Å². The third-order valence-corrected chi connectivity index (χ3v) is 4.96. The third-order valence-electron chi connectivity index (χ3n) is 3.25. The second-order valence-electron chi connectivity index (χ2n) is 6.03. The lowest BCUT2D eigenvalue weighted by Gasteiger charge is -2.12. The van der Waals surface area contributed by atoms with E-state index in [0.717, 1.165) is 6.42 Å². The van der Waals surface area contributed by atoms with Crippen LogP contribution in [-0.4, -0.2) is 47.2 Å². The number of rotatable bonds is 12. The average Bonchev–Trinajstić information content (AvgIpc) is 2.58. The van der Waals surface area contributed by atoms with Crippen molar-refractivity contribution >= 4 is 27.5 Å². The molecule has 0 aliphatic heterocycles. The first-order valence-corrected chi connectivity index (χ1v) is 10.4. The predicted molar refractivity (Wildman–Crippen MR) is 101 cm³/mol. The van der Waals surface area contributed by atoms with Gasteiger partial charge in [0.15, 0.2) is 6.61 Å². The summed E-state index contributed by atoms with van der Waals surface area (Å²) in [5, 5.41) is 2.83. The van der Waals surface area contributed by atoms with Gasteiger partial charge in [-0.15, -0.1) is 0 Å². The van der Waals surface area contributed by atoms with Crippen molar-refractivity contribution in [1.82, 2.24) is 10.0 Å². The molecule has 2 N–H and O–H groups in total. The molecule has 1 rings (SSSR count). The van der Waals surface area contributed by atoms with Crippen molar-refractivity contribution in [2.24, 2.45) is 5.92 Å². The Kier molecular flexibility index (Phi) is 9.93. The number of carbonyl (C=O) groups is 1. The maximum atomic E-state index is 12.2. The summed E-state index contributed by atoms with van der Waals surface area (Å²) in [6.07, 6.45) is 0.719. The van der Waals surface area contributed by atoms with E-state index in [9.17, 15) is 13.2 Å². The smallest absolute Gasteiger partial charge is 0.257 e. The Bertz CT molecular complexity index is 680. The molecule has 1 aromatic rings. The maximum absolute atomic E-state index is 12.2. The summed E-state index contributed by atoms with van der Waals surface area (Å²) < 4.78 is 37.4. The fourth-order valence-corrected chi connectivity index (χ4v) is 3.41. The van der Waals surface area contributed by atoms with Crippen LogP contribution in [0.1, 0.15) is 27.2 Å². The third kappa shape index (κ3) is 8.35. The number of hydrogen-bond donors (Lipinski definition) is 2. The maximum Gasteiger partial charge on any atom is 0.257 e. The minimum Gasteiger partial charge on any atom is -0.482 e. The molecule has 148 valence electrons. The molecule has 7 nitrogen and oxygen atoms in total. The van der Waals surface area contributed by atoms with Gasteiger partial charge in [0.2, 0.25) is 10.0 Å². The topological polar surface area (TPSA) is 93.7 Å². The highest BCUT2D eigenvalue weighted by Crippen LogP contribution is 2.27. The molecule has 0 unspecified atom stereocenters. The Balaban J connectivity index is 2.53. The Morgan fingerprint density at radius 1 is 1.31 bits per heavy atom. The van der Waals surface area contributed by atoms with Gasteiger partial charge in [-0.3, -0.25) is 4.79 Å². The molecule has 9 heteroatoms. The predicted octanol–water partition coefficient (Wildman–Crippen LogP) is 2.20. The Labute approximate surface area is 160 Å². The second-order valence-corrected chi connectivity index (χ2v) is 8.20. The quantitative estimate of drug-likeness (QED) is 0.519. The van der Waals surface area contributed by atoms with E-state index in [1.54, 1.807) is 0 Å². The molecule has 0 saturated carbocycles. The molecule has 0 aliphatic rings. The summed E-state index contributed by atoms with van der Waals surface area (Å²) in [6, 6.07) is 4.14. The van der Waals surface area contributed by atoms with Crippen molar-refractivity contribution in [3.63, 3.8) is 0 Å². The van der Waals surface area contributed by atoms with E-state index in [-0.39, 0.29) is 34.1 Å². The number of amides is 1. The zero-order valence-electron chi connectivity index (χ0n) is 15.4. The summed E-state index contributed by atoms with van der Waals surface area (Å²) in [5.74, 6) is 0.154. The lowest BCUT2D eigenvalue weighted by molar-refractivity contribution is -0.123. The minimum absolute atomic E-state index is 0.0517. The molecule has 0 aromatic heterocycles. The SMILES string of the molecule is CCOCCCNC(=O)COc1ccc(S(=O)(=O)NCC(C)C)cc1Cl. The van der Waals surface area contributed by atoms with Gasteiger partial charge >= 0.3 is 0 Å². The van der Waals surface area contributed by atoms with Crippen molar-refractivity contribution in [3.8, 4) is 5.75 Å². The Morgan fingerprint density at radius 2 is 2.04 bits per heavy atom. The summed E-state index contributed by atoms with van der Waals surface area (Å²) in [4.78, 5) is 11.8. The summed E-state index contributed by atoms with van der Waals surface area (Å²) in [7, 11) is -3.63. The molecule has 1 aromatic carbocycles. The van der Waals surface area contributed by atoms with Crippen molar-refractivity contribution in [3.05, 3.63) is 23.2 Å². The first-order valence-electron chi connectivity index (χ1n) is 8.52. The molecule has 1 amide bonds. The van der Waals surface area contributed by atoms with Crippen LogP contribution in [-0.2, 0) is 19.6 Å². The second kappa shape index (κ2) is 11.4. The Morgan fingerprint density at radius 3 is 2.65 bits per heavy atom. The number of nitrogens with one attached hydrogen (secondary N) is 2. The molecule has 0 fully saturated rings. The highest BCUT2D eigenvalue weighted by atomic mass is 35.5. The number of benzene rings is 1. The summed E-state index contributed by atoms with van der Waals surface area (Å²) in [6.45, 7) is 7.59. The first-order chi connectivity index (χ1) is 12.3. The number of halogens is 1. The van der Waals surface area contributed by atoms with Gasteiger partial charge in [-0.05, 0) is 37.5 Å². The zero-order chi connectivity index (χ0) is 19.6. The van der Waals surface area contributed by atoms with E-state index in [1.807, 2.05) is 20.8 Å². The monoisotopic (exact) mass is 406 g/mol. The van der Waals surface area contributed by atoms with Crippen LogP contribution in [0.3, 0.4) is 0 Å². The van der Waals surface area contributed by atoms with E-state index in [4.69, 9.17) is 21.1 Å². The number of hydrogen-bond acceptors (Lipinski definition) is 5. The van der Waals surface area contributed by atoms with Crippen LogP contribution in [0.2, 0.25) is 5.02 Å². The molecule has 26 heavy (non-hydrogen) atoms. The van der Waals surface area contributed by atoms with Gasteiger partial charge in [0.1, 0.15) is 5.75 Å². The normalized spacial score (nSPS) is 11.6. The van der Waals surface area contributed by atoms with Gasteiger partial charge in [-0.2, -0.15) is 0 Å². The van der Waals surface area contributed by atoms with Crippen molar-refractivity contribution < 1.29 is 22.7 Å². The van der Waals surface area contributed by atoms with E-state index in [0.29, 0.717) is 26.3 Å². The molecule has 0 bridgehead atoms. The minimum atomic E-state index is -3.63. The standard InChI is InChI=1S/C17H27ClN2O5S/c1-4-24-9-5-8-19-17(21)12-25-16-7-6-14(10-15(16)18)26(22,23)20-11-13(2)3/h6-7,10,13,20H,4-5,8-9,11-12H2,1-3H3,(H,19,21). The van der Waals surface area contributed by atoms with Crippen molar-refractivity contribution in [1.29, 1.82) is 0 Å². The highest BCUT2D eigenvalue weighted by molar-refractivity contribution is 7.89. The molecular formula is C17H27ClN2O5S. The van der Waals surface area contributed by atoms with Crippen molar-refractivity contribution in [2.75, 3.05) is 32.9 Å². The van der Waals surface area contributed by atoms with Gasteiger partial charge in [0.05, 0.1) is 9.92 Å². The summed E-state index contributed by atoms with van der Waals surface area (Å²) >= 11 is 6.08. The van der Waals surface area contributed by atoms with Gasteiger partial charge in [0.25, 0.3) is 5.91 Å². The fraction of sp³-hybridized carbons (Fsp3) is 0.588. The van der Waals surface area contributed by atoms with Crippen LogP contribution in [0, 0.1) is 5.92 Å². The molecule has 0 spiro atoms. The number of sulfonamides is 1. The largest absolute Gasteiger partial charge is 0.482 e. The van der Waals surface area contributed by atoms with Gasteiger partial charge in [-0.1, -0.05) is 25.4 Å². The molecule has 0 heterocycles. The van der Waals surface area contributed by atoms with Gasteiger partial charge < -0.3 is 14.8 Å². The van der Waals surface area contributed by atoms with Crippen LogP contribution in [0.5, 0.6) is 5.75 Å². The lowest BCUT2D eigenvalue weighted by Crippen LogP contribution is -2.30. The van der Waals surface area contributed by atoms with E-state index in [2.05, 4.69) is 10.0 Å². The number of carbonyl (C=O) groups excluding carboxylic acids is 1. The first kappa shape index (κ1) is 22.7. The molecular weight excluding hydrogens is 380 g/mol. The van der Waals surface area contributed by atoms with Gasteiger partial charge in [0, 0.05) is 26.3 Å². The lowest BCUT2D eigenvalue weighted by atomic mass is 10.2. The van der Waals surface area contributed by atoms with E-state index < -0.39 is 10.0 Å². The van der Waals surface area contributed by atoms with Crippen LogP contribution < -0.4 is 14.8 Å². The molecule has 0 aliphatic carbocycles. The Hall–Kier alpha value is -1.35. The van der Waals surface area contributed by atoms with Gasteiger partial charge in [-0.25, -0.2) is 13.1 Å². The van der Waals surface area contributed by atoms with Crippen LogP contribution in [0.25, 0.3) is 0 Å². The number of ether oxygens (including phenoxy) is 2. The molecule has 0 saturated heterocycles. The average molecular weight is 407 g/mol. The van der Waals surface area contributed by atoms with Crippen molar-refractivity contribution in [2.45, 2.75) is 32.1 Å². The van der Waals surface area contributed by atoms with E-state index >= 15 is 0 Å². The van der Waals surface area contributed by atoms with Crippen LogP contribution in [0.15, 0.2) is 23.1 Å². The fourth-order valence-electron chi connectivity index (χ4n) is 1.87. The summed E-state index contributed by atoms with van der Waals surface area (Å²) in [5.41, 5.74) is 0. The highest BCUT2D eigenvalue weighted by Gasteiger charge is 2.16. The zero-order valence-corrected chi connectivity index (χ0v) is 17.0.